The highest BCUT2D eigenvalue weighted by molar-refractivity contribution is 7.99. The zero-order valence-corrected chi connectivity index (χ0v) is 17.6. The minimum absolute atomic E-state index is 0.159. The Kier molecular flexibility index (Phi) is 6.37. The smallest absolute Gasteiger partial charge is 0.234 e. The third kappa shape index (κ3) is 4.79. The number of hydrogen-bond donors (Lipinski definition) is 1. The number of carbonyl (C=O) groups excluding carboxylic acids is 1. The van der Waals surface area contributed by atoms with Crippen LogP contribution in [-0.2, 0) is 25.3 Å². The largest absolute Gasteiger partial charge is 0.354 e. The van der Waals surface area contributed by atoms with Crippen molar-refractivity contribution < 1.29 is 4.79 Å². The second-order valence-corrected chi connectivity index (χ2v) is 7.99. The molecule has 0 aliphatic carbocycles. The van der Waals surface area contributed by atoms with E-state index in [4.69, 9.17) is 34.8 Å². The molecule has 0 saturated heterocycles. The fourth-order valence-electron chi connectivity index (χ4n) is 2.40. The minimum Gasteiger partial charge on any atom is -0.354 e. The van der Waals surface area contributed by atoms with E-state index >= 15 is 0 Å². The van der Waals surface area contributed by atoms with Gasteiger partial charge in [-0.25, -0.2) is 0 Å². The summed E-state index contributed by atoms with van der Waals surface area (Å²) in [5.74, 6) is 0.756. The number of aromatic nitrogens is 4. The van der Waals surface area contributed by atoms with Crippen molar-refractivity contribution in [3.05, 3.63) is 57.0 Å². The van der Waals surface area contributed by atoms with Crippen LogP contribution >= 0.6 is 46.6 Å². The van der Waals surface area contributed by atoms with Crippen LogP contribution in [0.4, 0.5) is 5.69 Å². The summed E-state index contributed by atoms with van der Waals surface area (Å²) >= 11 is 19.2. The van der Waals surface area contributed by atoms with E-state index in [1.807, 2.05) is 41.6 Å². The van der Waals surface area contributed by atoms with E-state index in [9.17, 15) is 4.79 Å². The van der Waals surface area contributed by atoms with Gasteiger partial charge in [0.15, 0.2) is 5.16 Å². The van der Waals surface area contributed by atoms with Crippen LogP contribution < -0.4 is 5.32 Å². The number of rotatable bonds is 6. The quantitative estimate of drug-likeness (QED) is 0.451. The van der Waals surface area contributed by atoms with Gasteiger partial charge in [-0.3, -0.25) is 4.79 Å². The van der Waals surface area contributed by atoms with Gasteiger partial charge < -0.3 is 14.5 Å². The molecule has 0 unspecified atom stereocenters. The first-order chi connectivity index (χ1) is 12.8. The molecule has 27 heavy (non-hydrogen) atoms. The Morgan fingerprint density at radius 2 is 1.89 bits per heavy atom. The molecular formula is C17H16Cl3N5OS. The van der Waals surface area contributed by atoms with Crippen LogP contribution in [0.3, 0.4) is 0 Å². The van der Waals surface area contributed by atoms with E-state index in [0.717, 1.165) is 11.5 Å². The van der Waals surface area contributed by atoms with Gasteiger partial charge in [-0.05, 0) is 24.3 Å². The number of hydrogen-bond acceptors (Lipinski definition) is 4. The van der Waals surface area contributed by atoms with E-state index in [2.05, 4.69) is 15.5 Å². The van der Waals surface area contributed by atoms with E-state index in [-0.39, 0.29) is 11.7 Å². The Balaban J connectivity index is 1.61. The van der Waals surface area contributed by atoms with Crippen molar-refractivity contribution in [1.82, 2.24) is 19.3 Å². The molecule has 0 aliphatic heterocycles. The summed E-state index contributed by atoms with van der Waals surface area (Å²) in [6.07, 6.45) is 2.65. The molecule has 2 aromatic heterocycles. The van der Waals surface area contributed by atoms with Gasteiger partial charge in [-0.15, -0.1) is 10.2 Å². The summed E-state index contributed by atoms with van der Waals surface area (Å²) in [6.45, 7) is 0. The lowest BCUT2D eigenvalue weighted by molar-refractivity contribution is -0.113. The summed E-state index contributed by atoms with van der Waals surface area (Å²) in [5, 5.41) is 12.8. The number of aryl methyl sites for hydroxylation is 1. The molecule has 3 rings (SSSR count). The predicted octanol–water partition coefficient (Wildman–Crippen LogP) is 4.44. The predicted molar refractivity (Wildman–Crippen MR) is 110 cm³/mol. The third-order valence-electron chi connectivity index (χ3n) is 3.93. The van der Waals surface area contributed by atoms with Gasteiger partial charge in [0, 0.05) is 32.4 Å². The summed E-state index contributed by atoms with van der Waals surface area (Å²) in [4.78, 5) is 12.2. The Bertz CT molecular complexity index is 985. The number of nitrogens with zero attached hydrogens (tertiary/aromatic N) is 4. The van der Waals surface area contributed by atoms with Crippen LogP contribution in [0.25, 0.3) is 0 Å². The van der Waals surface area contributed by atoms with Crippen molar-refractivity contribution in [2.75, 3.05) is 11.1 Å². The summed E-state index contributed by atoms with van der Waals surface area (Å²) in [5.41, 5.74) is 1.55. The van der Waals surface area contributed by atoms with Crippen LogP contribution in [-0.4, -0.2) is 31.0 Å². The molecule has 1 N–H and O–H groups in total. The highest BCUT2D eigenvalue weighted by atomic mass is 35.5. The average Bonchev–Trinajstić information content (AvgIpc) is 3.18. The monoisotopic (exact) mass is 443 g/mol. The van der Waals surface area contributed by atoms with Crippen LogP contribution in [0.15, 0.2) is 35.6 Å². The summed E-state index contributed by atoms with van der Waals surface area (Å²) < 4.78 is 3.92. The Labute approximate surface area is 175 Å². The number of carbonyl (C=O) groups is 1. The maximum absolute atomic E-state index is 12.2. The zero-order chi connectivity index (χ0) is 19.6. The van der Waals surface area contributed by atoms with Gasteiger partial charge in [0.1, 0.15) is 5.82 Å². The van der Waals surface area contributed by atoms with Crippen molar-refractivity contribution in [1.29, 1.82) is 0 Å². The van der Waals surface area contributed by atoms with E-state index in [1.165, 1.54) is 23.9 Å². The Morgan fingerprint density at radius 1 is 1.15 bits per heavy atom. The molecule has 1 aromatic carbocycles. The van der Waals surface area contributed by atoms with Gasteiger partial charge in [0.25, 0.3) is 0 Å². The second kappa shape index (κ2) is 8.56. The molecular weight excluding hydrogens is 429 g/mol. The summed E-state index contributed by atoms with van der Waals surface area (Å²) in [6, 6.07) is 7.04. The topological polar surface area (TPSA) is 64.7 Å². The maximum Gasteiger partial charge on any atom is 0.234 e. The standard InChI is InChI=1S/C17H16Cl3N5OS/c1-24-5-3-4-10(24)6-15-22-23-17(25(15)2)27-9-16(26)21-14-8-12(19)11(18)7-13(14)20/h3-5,7-8H,6,9H2,1-2H3,(H,21,26). The number of nitrogens with one attached hydrogen (secondary N) is 1. The SMILES string of the molecule is Cn1cccc1Cc1nnc(SCC(=O)Nc2cc(Cl)c(Cl)cc2Cl)n1C. The first-order valence-electron chi connectivity index (χ1n) is 7.91. The van der Waals surface area contributed by atoms with Crippen LogP contribution in [0.2, 0.25) is 15.1 Å². The Morgan fingerprint density at radius 3 is 2.59 bits per heavy atom. The third-order valence-corrected chi connectivity index (χ3v) is 5.99. The fourth-order valence-corrected chi connectivity index (χ4v) is 3.73. The Hall–Kier alpha value is -1.67. The molecule has 10 heteroatoms. The van der Waals surface area contributed by atoms with Crippen molar-refractivity contribution in [3.8, 4) is 0 Å². The highest BCUT2D eigenvalue weighted by Gasteiger charge is 2.14. The van der Waals surface area contributed by atoms with Gasteiger partial charge >= 0.3 is 0 Å². The molecule has 0 fully saturated rings. The number of anilines is 1. The van der Waals surface area contributed by atoms with Crippen LogP contribution in [0.1, 0.15) is 11.5 Å². The highest BCUT2D eigenvalue weighted by Crippen LogP contribution is 2.32. The number of benzene rings is 1. The van der Waals surface area contributed by atoms with Crippen molar-refractivity contribution in [3.63, 3.8) is 0 Å². The molecule has 0 aliphatic rings. The molecule has 3 aromatic rings. The molecule has 0 saturated carbocycles. The zero-order valence-electron chi connectivity index (χ0n) is 14.5. The van der Waals surface area contributed by atoms with Crippen molar-refractivity contribution >= 4 is 58.2 Å². The summed E-state index contributed by atoms with van der Waals surface area (Å²) in [7, 11) is 3.87. The van der Waals surface area contributed by atoms with Gasteiger partial charge in [-0.1, -0.05) is 46.6 Å². The lowest BCUT2D eigenvalue weighted by Gasteiger charge is -2.09. The number of amides is 1. The van der Waals surface area contributed by atoms with E-state index < -0.39 is 0 Å². The molecule has 2 heterocycles. The fraction of sp³-hybridized carbons (Fsp3) is 0.235. The minimum atomic E-state index is -0.229. The number of thioether (sulfide) groups is 1. The normalized spacial score (nSPS) is 11.0. The molecule has 0 atom stereocenters. The van der Waals surface area contributed by atoms with E-state index in [1.54, 1.807) is 0 Å². The number of halogens is 3. The molecule has 0 radical (unpaired) electrons. The van der Waals surface area contributed by atoms with Crippen molar-refractivity contribution in [2.45, 2.75) is 11.6 Å². The molecule has 6 nitrogen and oxygen atoms in total. The molecule has 1 amide bonds. The lowest BCUT2D eigenvalue weighted by atomic mass is 10.3. The van der Waals surface area contributed by atoms with Crippen LogP contribution in [0, 0.1) is 0 Å². The molecule has 142 valence electrons. The van der Waals surface area contributed by atoms with E-state index in [0.29, 0.717) is 32.3 Å². The average molecular weight is 445 g/mol. The molecule has 0 bridgehead atoms. The molecule has 0 spiro atoms. The van der Waals surface area contributed by atoms with Gasteiger partial charge in [0.2, 0.25) is 5.91 Å². The second-order valence-electron chi connectivity index (χ2n) is 5.83. The maximum atomic E-state index is 12.2. The van der Waals surface area contributed by atoms with Crippen LogP contribution in [0.5, 0.6) is 0 Å². The van der Waals surface area contributed by atoms with Gasteiger partial charge in [0.05, 0.1) is 26.5 Å². The first kappa shape index (κ1) is 20.1. The lowest BCUT2D eigenvalue weighted by Crippen LogP contribution is -2.15. The van der Waals surface area contributed by atoms with Crippen molar-refractivity contribution in [2.24, 2.45) is 14.1 Å². The first-order valence-corrected chi connectivity index (χ1v) is 10.0. The van der Waals surface area contributed by atoms with Gasteiger partial charge in [-0.2, -0.15) is 0 Å².